The molecule has 0 spiro atoms. The number of rotatable bonds is 21. The van der Waals surface area contributed by atoms with Gasteiger partial charge in [-0.1, -0.05) is 22.3 Å². The van der Waals surface area contributed by atoms with Crippen LogP contribution in [0.4, 0.5) is 0 Å². The van der Waals surface area contributed by atoms with E-state index in [0.717, 1.165) is 77.0 Å². The van der Waals surface area contributed by atoms with Crippen LogP contribution in [0, 0.1) is 23.2 Å². The van der Waals surface area contributed by atoms with Crippen LogP contribution in [0.5, 0.6) is 0 Å². The Bertz CT molecular complexity index is 1060. The molecule has 0 heterocycles. The summed E-state index contributed by atoms with van der Waals surface area (Å²) in [5, 5.41) is 10.6. The SMILES string of the molecule is CC(C1CCC(OC(=O)CCCCN=[N+]=[N-])CC1)(C1CCC(OC(=O)CCCCN=[N+]=[N-])CC1)C1CCC(OC(=O)CCCCN=[N+]=[N-])CC1. The number of hydrogen-bond donors (Lipinski definition) is 0. The van der Waals surface area contributed by atoms with Gasteiger partial charge in [0, 0.05) is 53.6 Å². The second kappa shape index (κ2) is 22.9. The highest BCUT2D eigenvalue weighted by atomic mass is 16.6. The minimum Gasteiger partial charge on any atom is -0.462 e. The van der Waals surface area contributed by atoms with E-state index in [1.807, 2.05) is 0 Å². The van der Waals surface area contributed by atoms with Crippen LogP contribution in [0.25, 0.3) is 31.3 Å². The smallest absolute Gasteiger partial charge is 0.306 e. The number of ether oxygens (including phenoxy) is 3. The van der Waals surface area contributed by atoms with Crippen LogP contribution in [0.2, 0.25) is 0 Å². The molecular weight excluding hydrogens is 642 g/mol. The van der Waals surface area contributed by atoms with E-state index < -0.39 is 0 Å². The first kappa shape index (κ1) is 40.8. The molecule has 0 bridgehead atoms. The molecule has 0 N–H and O–H groups in total. The molecule has 0 unspecified atom stereocenters. The number of hydrogen-bond acceptors (Lipinski definition) is 9. The van der Waals surface area contributed by atoms with E-state index in [-0.39, 0.29) is 41.6 Å². The first-order valence-electron chi connectivity index (χ1n) is 18.9. The van der Waals surface area contributed by atoms with Gasteiger partial charge in [0.15, 0.2) is 0 Å². The van der Waals surface area contributed by atoms with Crippen molar-refractivity contribution in [2.75, 3.05) is 19.6 Å². The zero-order valence-electron chi connectivity index (χ0n) is 29.9. The molecule has 3 aliphatic rings. The maximum atomic E-state index is 12.5. The number of nitrogens with zero attached hydrogens (tertiary/aromatic N) is 9. The van der Waals surface area contributed by atoms with Crippen LogP contribution in [0.1, 0.15) is 142 Å². The van der Waals surface area contributed by atoms with Crippen molar-refractivity contribution in [3.63, 3.8) is 0 Å². The molecule has 3 aliphatic carbocycles. The van der Waals surface area contributed by atoms with Crippen molar-refractivity contribution in [3.8, 4) is 0 Å². The van der Waals surface area contributed by atoms with E-state index in [4.69, 9.17) is 30.8 Å². The van der Waals surface area contributed by atoms with Crippen molar-refractivity contribution >= 4 is 17.9 Å². The Hall–Kier alpha value is -3.66. The highest BCUT2D eigenvalue weighted by Gasteiger charge is 2.49. The van der Waals surface area contributed by atoms with E-state index in [0.29, 0.717) is 95.2 Å². The maximum Gasteiger partial charge on any atom is 0.306 e. The van der Waals surface area contributed by atoms with Crippen LogP contribution in [0.3, 0.4) is 0 Å². The molecule has 3 saturated carbocycles. The summed E-state index contributed by atoms with van der Waals surface area (Å²) in [5.41, 5.74) is 25.3. The Kier molecular flexibility index (Phi) is 18.7. The molecule has 0 radical (unpaired) electrons. The summed E-state index contributed by atoms with van der Waals surface area (Å²) in [7, 11) is 0. The standard InChI is InChI=1S/C35H57N9O6/c1-35(26-11-17-29(18-12-26)48-32(45)8-2-5-23-39-42-36,27-13-19-30(20-14-27)49-33(46)9-3-6-24-40-43-37)28-15-21-31(22-16-28)50-34(47)10-4-7-25-41-44-38/h26-31H,2-25H2,1H3. The zero-order valence-corrected chi connectivity index (χ0v) is 29.9. The minimum atomic E-state index is -0.177. The number of unbranched alkanes of at least 4 members (excludes halogenated alkanes) is 3. The number of esters is 3. The van der Waals surface area contributed by atoms with E-state index in [1.54, 1.807) is 0 Å². The van der Waals surface area contributed by atoms with Crippen LogP contribution in [-0.4, -0.2) is 55.9 Å². The number of carbonyl (C=O) groups excluding carboxylic acids is 3. The van der Waals surface area contributed by atoms with E-state index in [2.05, 4.69) is 37.0 Å². The molecule has 15 heteroatoms. The van der Waals surface area contributed by atoms with Crippen molar-refractivity contribution < 1.29 is 28.6 Å². The lowest BCUT2D eigenvalue weighted by molar-refractivity contribution is -0.154. The lowest BCUT2D eigenvalue weighted by Crippen LogP contribution is -2.47. The van der Waals surface area contributed by atoms with Gasteiger partial charge in [-0.2, -0.15) is 0 Å². The van der Waals surface area contributed by atoms with Gasteiger partial charge < -0.3 is 14.2 Å². The molecule has 15 nitrogen and oxygen atoms in total. The molecule has 3 fully saturated rings. The second-order valence-electron chi connectivity index (χ2n) is 14.5. The Labute approximate surface area is 295 Å². The highest BCUT2D eigenvalue weighted by Crippen LogP contribution is 2.56. The van der Waals surface area contributed by atoms with Crippen LogP contribution in [0.15, 0.2) is 15.3 Å². The molecule has 0 aromatic carbocycles. The predicted molar refractivity (Wildman–Crippen MR) is 187 cm³/mol. The molecule has 3 rings (SSSR count). The Morgan fingerprint density at radius 1 is 0.500 bits per heavy atom. The maximum absolute atomic E-state index is 12.5. The fourth-order valence-corrected chi connectivity index (χ4v) is 8.63. The van der Waals surface area contributed by atoms with Gasteiger partial charge in [-0.05, 0) is 155 Å². The third-order valence-corrected chi connectivity index (χ3v) is 11.4. The van der Waals surface area contributed by atoms with E-state index >= 15 is 0 Å². The molecule has 278 valence electrons. The van der Waals surface area contributed by atoms with Crippen molar-refractivity contribution in [3.05, 3.63) is 31.3 Å². The summed E-state index contributed by atoms with van der Waals surface area (Å²) in [6.07, 6.45) is 15.9. The van der Waals surface area contributed by atoms with Gasteiger partial charge in [0.25, 0.3) is 0 Å². The molecule has 0 aliphatic heterocycles. The molecule has 0 saturated heterocycles. The van der Waals surface area contributed by atoms with E-state index in [9.17, 15) is 14.4 Å². The molecule has 0 aromatic heterocycles. The van der Waals surface area contributed by atoms with Gasteiger partial charge in [-0.3, -0.25) is 14.4 Å². The lowest BCUT2D eigenvalue weighted by atomic mass is 9.52. The first-order chi connectivity index (χ1) is 24.3. The molecule has 0 amide bonds. The number of carbonyl (C=O) groups is 3. The molecular formula is C35H57N9O6. The van der Waals surface area contributed by atoms with Crippen molar-refractivity contribution in [2.45, 2.75) is 160 Å². The third-order valence-electron chi connectivity index (χ3n) is 11.4. The predicted octanol–water partition coefficient (Wildman–Crippen LogP) is 9.74. The zero-order chi connectivity index (χ0) is 36.0. The normalized spacial score (nSPS) is 26.1. The topological polar surface area (TPSA) is 225 Å². The molecule has 0 atom stereocenters. The van der Waals surface area contributed by atoms with E-state index in [1.165, 1.54) is 0 Å². The Morgan fingerprint density at radius 2 is 0.760 bits per heavy atom. The van der Waals surface area contributed by atoms with Gasteiger partial charge in [0.1, 0.15) is 18.3 Å². The largest absolute Gasteiger partial charge is 0.462 e. The molecule has 0 aromatic rings. The first-order valence-corrected chi connectivity index (χ1v) is 18.9. The quantitative estimate of drug-likeness (QED) is 0.0282. The third kappa shape index (κ3) is 13.9. The summed E-state index contributed by atoms with van der Waals surface area (Å²) in [6, 6.07) is 0. The van der Waals surface area contributed by atoms with Crippen LogP contribution < -0.4 is 0 Å². The number of azide groups is 3. The summed E-state index contributed by atoms with van der Waals surface area (Å²) in [4.78, 5) is 45.8. The summed E-state index contributed by atoms with van der Waals surface area (Å²) in [5.74, 6) is 0.933. The summed E-state index contributed by atoms with van der Waals surface area (Å²) in [6.45, 7) is 3.66. The van der Waals surface area contributed by atoms with Crippen LogP contribution in [-0.2, 0) is 28.6 Å². The van der Waals surface area contributed by atoms with Crippen molar-refractivity contribution in [2.24, 2.45) is 38.5 Å². The van der Waals surface area contributed by atoms with Crippen LogP contribution >= 0.6 is 0 Å². The fourth-order valence-electron chi connectivity index (χ4n) is 8.63. The molecule has 50 heavy (non-hydrogen) atoms. The van der Waals surface area contributed by atoms with Gasteiger partial charge in [0.2, 0.25) is 0 Å². The van der Waals surface area contributed by atoms with Gasteiger partial charge in [-0.15, -0.1) is 0 Å². The second-order valence-corrected chi connectivity index (χ2v) is 14.5. The van der Waals surface area contributed by atoms with Crippen molar-refractivity contribution in [1.82, 2.24) is 0 Å². The summed E-state index contributed by atoms with van der Waals surface area (Å²) >= 11 is 0. The fraction of sp³-hybridized carbons (Fsp3) is 0.914. The van der Waals surface area contributed by atoms with Crippen molar-refractivity contribution in [1.29, 1.82) is 0 Å². The monoisotopic (exact) mass is 699 g/mol. The van der Waals surface area contributed by atoms with Gasteiger partial charge in [-0.25, -0.2) is 0 Å². The highest BCUT2D eigenvalue weighted by molar-refractivity contribution is 5.70. The van der Waals surface area contributed by atoms with Gasteiger partial charge in [0.05, 0.1) is 0 Å². The average Bonchev–Trinajstić information content (AvgIpc) is 3.12. The Morgan fingerprint density at radius 3 is 1.00 bits per heavy atom. The van der Waals surface area contributed by atoms with Gasteiger partial charge >= 0.3 is 17.9 Å². The summed E-state index contributed by atoms with van der Waals surface area (Å²) < 4.78 is 17.6. The Balaban J connectivity index is 1.56. The lowest BCUT2D eigenvalue weighted by Gasteiger charge is -2.54. The average molecular weight is 700 g/mol. The minimum absolute atomic E-state index is 0.0659.